The molecule has 1 aromatic carbocycles. The number of nitrogens with one attached hydrogen (secondary N) is 2. The smallest absolute Gasteiger partial charge is 0.191 e. The molecule has 0 radical (unpaired) electrons. The number of rotatable bonds is 5. The Hall–Kier alpha value is -1.91. The van der Waals surface area contributed by atoms with Crippen LogP contribution in [-0.4, -0.2) is 38.8 Å². The molecule has 3 rings (SSSR count). The van der Waals surface area contributed by atoms with Crippen molar-refractivity contribution in [3.05, 3.63) is 23.8 Å². The summed E-state index contributed by atoms with van der Waals surface area (Å²) in [5, 5.41) is 7.03. The lowest BCUT2D eigenvalue weighted by atomic mass is 9.92. The van der Waals surface area contributed by atoms with Crippen molar-refractivity contribution >= 4 is 5.96 Å². The molecule has 1 heterocycles. The van der Waals surface area contributed by atoms with Gasteiger partial charge in [0.25, 0.3) is 0 Å². The van der Waals surface area contributed by atoms with Gasteiger partial charge in [0.15, 0.2) is 5.96 Å². The molecule has 1 saturated carbocycles. The van der Waals surface area contributed by atoms with Crippen molar-refractivity contribution in [3.8, 4) is 11.5 Å². The highest BCUT2D eigenvalue weighted by Gasteiger charge is 2.31. The highest BCUT2D eigenvalue weighted by Crippen LogP contribution is 2.23. The van der Waals surface area contributed by atoms with E-state index in [1.807, 2.05) is 18.2 Å². The summed E-state index contributed by atoms with van der Waals surface area (Å²) in [5.74, 6) is 2.61. The van der Waals surface area contributed by atoms with Crippen molar-refractivity contribution in [1.29, 1.82) is 0 Å². The van der Waals surface area contributed by atoms with E-state index in [4.69, 9.17) is 9.47 Å². The van der Waals surface area contributed by atoms with Gasteiger partial charge in [0, 0.05) is 24.7 Å². The zero-order valence-corrected chi connectivity index (χ0v) is 13.4. The molecule has 2 unspecified atom stereocenters. The van der Waals surface area contributed by atoms with Crippen LogP contribution >= 0.6 is 0 Å². The standard InChI is InChI=1S/C17H25N3O2/c1-21-13-9-12(10-14(11-13)22-2)7-8-18-17-19-15-5-3-4-6-16(15)20-17/h9-11,15-16H,3-8H2,1-2H3,(H2,18,19,20). The van der Waals surface area contributed by atoms with Gasteiger partial charge in [-0.1, -0.05) is 12.8 Å². The highest BCUT2D eigenvalue weighted by atomic mass is 16.5. The molecule has 5 nitrogen and oxygen atoms in total. The normalized spacial score (nSPS) is 23.3. The molecule has 0 amide bonds. The van der Waals surface area contributed by atoms with E-state index in [9.17, 15) is 0 Å². The number of hydrogen-bond donors (Lipinski definition) is 2. The Balaban J connectivity index is 1.57. The third kappa shape index (κ3) is 3.46. The molecule has 1 aliphatic carbocycles. The van der Waals surface area contributed by atoms with Crippen LogP contribution in [0, 0.1) is 0 Å². The second-order valence-electron chi connectivity index (χ2n) is 5.99. The fraction of sp³-hybridized carbons (Fsp3) is 0.588. The Labute approximate surface area is 132 Å². The molecule has 2 aliphatic rings. The van der Waals surface area contributed by atoms with Crippen LogP contribution in [0.25, 0.3) is 0 Å². The minimum absolute atomic E-state index is 0.574. The molecular weight excluding hydrogens is 278 g/mol. The summed E-state index contributed by atoms with van der Waals surface area (Å²) in [5.41, 5.74) is 1.18. The lowest BCUT2D eigenvalue weighted by Crippen LogP contribution is -2.36. The fourth-order valence-corrected chi connectivity index (χ4v) is 3.27. The van der Waals surface area contributed by atoms with Crippen LogP contribution in [0.4, 0.5) is 0 Å². The average molecular weight is 303 g/mol. The zero-order chi connectivity index (χ0) is 15.4. The van der Waals surface area contributed by atoms with Crippen LogP contribution in [0.5, 0.6) is 11.5 Å². The van der Waals surface area contributed by atoms with Gasteiger partial charge in [0.05, 0.1) is 14.2 Å². The van der Waals surface area contributed by atoms with Gasteiger partial charge in [-0.3, -0.25) is 4.99 Å². The van der Waals surface area contributed by atoms with Gasteiger partial charge >= 0.3 is 0 Å². The summed E-state index contributed by atoms with van der Waals surface area (Å²) < 4.78 is 10.6. The van der Waals surface area contributed by atoms with Gasteiger partial charge in [-0.15, -0.1) is 0 Å². The van der Waals surface area contributed by atoms with Crippen LogP contribution in [0.15, 0.2) is 23.2 Å². The first-order valence-corrected chi connectivity index (χ1v) is 8.08. The van der Waals surface area contributed by atoms with Crippen LogP contribution < -0.4 is 20.1 Å². The third-order valence-electron chi connectivity index (χ3n) is 4.49. The van der Waals surface area contributed by atoms with Gasteiger partial charge in [-0.25, -0.2) is 0 Å². The molecule has 120 valence electrons. The Bertz CT molecular complexity index is 506. The molecule has 1 aromatic rings. The summed E-state index contributed by atoms with van der Waals surface area (Å²) in [6.07, 6.45) is 6.03. The van der Waals surface area contributed by atoms with E-state index in [0.717, 1.165) is 30.4 Å². The predicted molar refractivity (Wildman–Crippen MR) is 87.9 cm³/mol. The topological polar surface area (TPSA) is 54.9 Å². The minimum atomic E-state index is 0.574. The maximum atomic E-state index is 5.30. The molecule has 2 atom stereocenters. The van der Waals surface area contributed by atoms with Crippen molar-refractivity contribution in [2.24, 2.45) is 4.99 Å². The number of benzene rings is 1. The van der Waals surface area contributed by atoms with Gasteiger partial charge in [-0.2, -0.15) is 0 Å². The van der Waals surface area contributed by atoms with Gasteiger partial charge in [0.2, 0.25) is 0 Å². The average Bonchev–Trinajstić information content (AvgIpc) is 2.97. The maximum Gasteiger partial charge on any atom is 0.191 e. The summed E-state index contributed by atoms with van der Waals surface area (Å²) in [6.45, 7) is 0.755. The minimum Gasteiger partial charge on any atom is -0.497 e. The monoisotopic (exact) mass is 303 g/mol. The van der Waals surface area contributed by atoms with Crippen molar-refractivity contribution < 1.29 is 9.47 Å². The number of methoxy groups -OCH3 is 2. The van der Waals surface area contributed by atoms with E-state index in [1.165, 1.54) is 31.2 Å². The molecule has 2 fully saturated rings. The summed E-state index contributed by atoms with van der Waals surface area (Å²) in [7, 11) is 3.35. The van der Waals surface area contributed by atoms with Crippen molar-refractivity contribution in [1.82, 2.24) is 10.6 Å². The number of nitrogens with zero attached hydrogens (tertiary/aromatic N) is 1. The van der Waals surface area contributed by atoms with E-state index < -0.39 is 0 Å². The Morgan fingerprint density at radius 1 is 1.00 bits per heavy atom. The predicted octanol–water partition coefficient (Wildman–Crippen LogP) is 2.11. The largest absolute Gasteiger partial charge is 0.497 e. The van der Waals surface area contributed by atoms with Crippen LogP contribution in [0.3, 0.4) is 0 Å². The molecular formula is C17H25N3O2. The first-order valence-electron chi connectivity index (χ1n) is 8.08. The van der Waals surface area contributed by atoms with Gasteiger partial charge in [0.1, 0.15) is 11.5 Å². The van der Waals surface area contributed by atoms with Crippen molar-refractivity contribution in [2.45, 2.75) is 44.2 Å². The van der Waals surface area contributed by atoms with E-state index >= 15 is 0 Å². The summed E-state index contributed by atoms with van der Waals surface area (Å²) in [4.78, 5) is 4.67. The molecule has 5 heteroatoms. The molecule has 1 aliphatic heterocycles. The zero-order valence-electron chi connectivity index (χ0n) is 13.4. The Kier molecular flexibility index (Phi) is 4.71. The lowest BCUT2D eigenvalue weighted by molar-refractivity contribution is 0.374. The van der Waals surface area contributed by atoms with Crippen LogP contribution in [-0.2, 0) is 6.42 Å². The molecule has 0 bridgehead atoms. The number of aliphatic imine (C=N–C) groups is 1. The first kappa shape index (κ1) is 15.0. The second-order valence-corrected chi connectivity index (χ2v) is 5.99. The number of fused-ring (bicyclic) bond motifs is 1. The van der Waals surface area contributed by atoms with Gasteiger partial charge in [-0.05, 0) is 37.0 Å². The molecule has 22 heavy (non-hydrogen) atoms. The van der Waals surface area contributed by atoms with Crippen LogP contribution in [0.2, 0.25) is 0 Å². The quantitative estimate of drug-likeness (QED) is 0.875. The SMILES string of the molecule is COc1cc(CCN=C2NC3CCCCC3N2)cc(OC)c1. The first-order chi connectivity index (χ1) is 10.8. The molecule has 0 aromatic heterocycles. The molecule has 2 N–H and O–H groups in total. The Morgan fingerprint density at radius 2 is 1.59 bits per heavy atom. The number of hydrogen-bond acceptors (Lipinski definition) is 3. The Morgan fingerprint density at radius 3 is 2.14 bits per heavy atom. The maximum absolute atomic E-state index is 5.30. The van der Waals surface area contributed by atoms with E-state index in [2.05, 4.69) is 15.6 Å². The third-order valence-corrected chi connectivity index (χ3v) is 4.49. The van der Waals surface area contributed by atoms with E-state index in [-0.39, 0.29) is 0 Å². The van der Waals surface area contributed by atoms with E-state index in [0.29, 0.717) is 12.1 Å². The number of ether oxygens (including phenoxy) is 2. The highest BCUT2D eigenvalue weighted by molar-refractivity contribution is 5.82. The van der Waals surface area contributed by atoms with Crippen LogP contribution in [0.1, 0.15) is 31.2 Å². The van der Waals surface area contributed by atoms with E-state index in [1.54, 1.807) is 14.2 Å². The van der Waals surface area contributed by atoms with Gasteiger partial charge < -0.3 is 20.1 Å². The lowest BCUT2D eigenvalue weighted by Gasteiger charge is -2.23. The molecule has 0 spiro atoms. The molecule has 1 saturated heterocycles. The van der Waals surface area contributed by atoms with Crippen molar-refractivity contribution in [3.63, 3.8) is 0 Å². The number of guanidine groups is 1. The van der Waals surface area contributed by atoms with Crippen molar-refractivity contribution in [2.75, 3.05) is 20.8 Å². The summed E-state index contributed by atoms with van der Waals surface area (Å²) in [6, 6.07) is 7.12. The second kappa shape index (κ2) is 6.90. The summed E-state index contributed by atoms with van der Waals surface area (Å²) >= 11 is 0. The fourth-order valence-electron chi connectivity index (χ4n) is 3.27.